The molecule has 0 spiro atoms. The molecule has 0 rings (SSSR count). The van der Waals surface area contributed by atoms with Crippen LogP contribution >= 0.6 is 0 Å². The van der Waals surface area contributed by atoms with E-state index in [-0.39, 0.29) is 0 Å². The molecule has 0 aromatic heterocycles. The molecule has 0 radical (unpaired) electrons. The van der Waals surface area contributed by atoms with Gasteiger partial charge in [-0.1, -0.05) is 18.1 Å². The Morgan fingerprint density at radius 1 is 1.15 bits per heavy atom. The Bertz CT molecular complexity index is 211. The van der Waals surface area contributed by atoms with Crippen LogP contribution in [0.2, 0.25) is 0 Å². The van der Waals surface area contributed by atoms with E-state index < -0.39 is 0 Å². The maximum Gasteiger partial charge on any atom is 0.0143 e. The topological polar surface area (TPSA) is 3.24 Å². The highest BCUT2D eigenvalue weighted by atomic mass is 15.1. The van der Waals surface area contributed by atoms with E-state index >= 15 is 0 Å². The summed E-state index contributed by atoms with van der Waals surface area (Å²) in [6.07, 6.45) is 3.41. The standard InChI is InChI=1S/C12H23N/c1-7-10(3)11(4)9-12(5)13(6)8-2/h9H,7-8H2,1-6H3/b11-10+,12-9-. The minimum absolute atomic E-state index is 1.07. The molecule has 0 unspecified atom stereocenters. The van der Waals surface area contributed by atoms with E-state index in [1.165, 1.54) is 16.8 Å². The van der Waals surface area contributed by atoms with Gasteiger partial charge in [0.1, 0.15) is 0 Å². The molecule has 13 heavy (non-hydrogen) atoms. The minimum atomic E-state index is 1.07. The molecular weight excluding hydrogens is 158 g/mol. The third-order valence-electron chi connectivity index (χ3n) is 2.71. The molecule has 0 fully saturated rings. The molecule has 0 aromatic carbocycles. The minimum Gasteiger partial charge on any atom is -0.378 e. The van der Waals surface area contributed by atoms with Gasteiger partial charge in [0.05, 0.1) is 0 Å². The van der Waals surface area contributed by atoms with E-state index in [1.54, 1.807) is 0 Å². The Labute approximate surface area is 83.1 Å². The molecule has 1 nitrogen and oxygen atoms in total. The van der Waals surface area contributed by atoms with Crippen molar-refractivity contribution in [1.29, 1.82) is 0 Å². The van der Waals surface area contributed by atoms with Gasteiger partial charge in [0, 0.05) is 19.3 Å². The summed E-state index contributed by atoms with van der Waals surface area (Å²) in [5.74, 6) is 0. The maximum absolute atomic E-state index is 2.27. The van der Waals surface area contributed by atoms with Gasteiger partial charge in [-0.15, -0.1) is 0 Å². The van der Waals surface area contributed by atoms with Gasteiger partial charge in [0.2, 0.25) is 0 Å². The van der Waals surface area contributed by atoms with E-state index in [2.05, 4.69) is 52.6 Å². The first kappa shape index (κ1) is 12.3. The van der Waals surface area contributed by atoms with Crippen molar-refractivity contribution < 1.29 is 0 Å². The SMILES string of the molecule is CC/C(C)=C(C)/C=C(/C)N(C)CC. The number of allylic oxidation sites excluding steroid dienone is 4. The summed E-state index contributed by atoms with van der Waals surface area (Å²) in [4.78, 5) is 2.26. The molecule has 0 atom stereocenters. The van der Waals surface area contributed by atoms with Crippen molar-refractivity contribution in [2.75, 3.05) is 13.6 Å². The van der Waals surface area contributed by atoms with Crippen molar-refractivity contribution in [2.24, 2.45) is 0 Å². The first-order valence-corrected chi connectivity index (χ1v) is 5.08. The van der Waals surface area contributed by atoms with Crippen molar-refractivity contribution in [3.8, 4) is 0 Å². The second kappa shape index (κ2) is 5.85. The van der Waals surface area contributed by atoms with Gasteiger partial charge in [-0.05, 0) is 40.2 Å². The van der Waals surface area contributed by atoms with E-state index in [0.29, 0.717) is 0 Å². The van der Waals surface area contributed by atoms with Crippen molar-refractivity contribution >= 4 is 0 Å². The average molecular weight is 181 g/mol. The monoisotopic (exact) mass is 181 g/mol. The van der Waals surface area contributed by atoms with Crippen LogP contribution in [0.4, 0.5) is 0 Å². The first-order valence-electron chi connectivity index (χ1n) is 5.08. The van der Waals surface area contributed by atoms with Crippen LogP contribution in [0.15, 0.2) is 22.9 Å². The van der Waals surface area contributed by atoms with Crippen LogP contribution in [0.5, 0.6) is 0 Å². The molecule has 0 heterocycles. The quantitative estimate of drug-likeness (QED) is 0.599. The normalized spacial score (nSPS) is 14.2. The molecule has 0 amide bonds. The van der Waals surface area contributed by atoms with E-state index in [0.717, 1.165) is 13.0 Å². The second-order valence-electron chi connectivity index (χ2n) is 3.62. The highest BCUT2D eigenvalue weighted by molar-refractivity contribution is 5.24. The molecule has 0 aliphatic rings. The fraction of sp³-hybridized carbons (Fsp3) is 0.667. The van der Waals surface area contributed by atoms with E-state index in [4.69, 9.17) is 0 Å². The molecule has 76 valence electrons. The lowest BCUT2D eigenvalue weighted by Gasteiger charge is -2.17. The van der Waals surface area contributed by atoms with Crippen LogP contribution in [0.25, 0.3) is 0 Å². The Morgan fingerprint density at radius 3 is 2.08 bits per heavy atom. The molecule has 0 bridgehead atoms. The Hall–Kier alpha value is -0.720. The maximum atomic E-state index is 2.27. The molecule has 0 aliphatic carbocycles. The molecule has 0 N–H and O–H groups in total. The summed E-state index contributed by atoms with van der Waals surface area (Å²) in [7, 11) is 2.13. The smallest absolute Gasteiger partial charge is 0.0143 e. The van der Waals surface area contributed by atoms with Crippen molar-refractivity contribution in [1.82, 2.24) is 4.90 Å². The zero-order valence-electron chi connectivity index (χ0n) is 9.94. The Kier molecular flexibility index (Phi) is 5.52. The van der Waals surface area contributed by atoms with Gasteiger partial charge in [0.15, 0.2) is 0 Å². The van der Waals surface area contributed by atoms with Gasteiger partial charge in [-0.2, -0.15) is 0 Å². The van der Waals surface area contributed by atoms with Gasteiger partial charge >= 0.3 is 0 Å². The zero-order chi connectivity index (χ0) is 10.4. The summed E-state index contributed by atoms with van der Waals surface area (Å²) in [5.41, 5.74) is 4.22. The van der Waals surface area contributed by atoms with Crippen LogP contribution in [-0.2, 0) is 0 Å². The highest BCUT2D eigenvalue weighted by Gasteiger charge is 1.96. The van der Waals surface area contributed by atoms with Crippen molar-refractivity contribution in [3.05, 3.63) is 22.9 Å². The number of hydrogen-bond donors (Lipinski definition) is 0. The molecular formula is C12H23N. The van der Waals surface area contributed by atoms with Gasteiger partial charge in [-0.3, -0.25) is 0 Å². The van der Waals surface area contributed by atoms with Gasteiger partial charge in [0.25, 0.3) is 0 Å². The van der Waals surface area contributed by atoms with Crippen LogP contribution in [0.1, 0.15) is 41.0 Å². The van der Waals surface area contributed by atoms with Gasteiger partial charge < -0.3 is 4.90 Å². The van der Waals surface area contributed by atoms with Crippen molar-refractivity contribution in [2.45, 2.75) is 41.0 Å². The van der Waals surface area contributed by atoms with E-state index in [1.807, 2.05) is 0 Å². The number of hydrogen-bond acceptors (Lipinski definition) is 1. The lowest BCUT2D eigenvalue weighted by molar-refractivity contribution is 0.443. The number of rotatable bonds is 4. The molecule has 0 aromatic rings. The predicted octanol–water partition coefficient (Wildman–Crippen LogP) is 3.59. The molecule has 0 aliphatic heterocycles. The van der Waals surface area contributed by atoms with Crippen LogP contribution in [0, 0.1) is 0 Å². The fourth-order valence-electron chi connectivity index (χ4n) is 1.07. The Balaban J connectivity index is 4.56. The lowest BCUT2D eigenvalue weighted by atomic mass is 10.1. The Morgan fingerprint density at radius 2 is 1.69 bits per heavy atom. The fourth-order valence-corrected chi connectivity index (χ4v) is 1.07. The summed E-state index contributed by atoms with van der Waals surface area (Å²) in [5, 5.41) is 0. The first-order chi connectivity index (χ1) is 6.02. The number of nitrogens with zero attached hydrogens (tertiary/aromatic N) is 1. The summed E-state index contributed by atoms with van der Waals surface area (Å²) in [6, 6.07) is 0. The molecule has 1 heteroatoms. The summed E-state index contributed by atoms with van der Waals surface area (Å²) < 4.78 is 0. The van der Waals surface area contributed by atoms with Crippen molar-refractivity contribution in [3.63, 3.8) is 0 Å². The third-order valence-corrected chi connectivity index (χ3v) is 2.71. The molecule has 0 saturated heterocycles. The second-order valence-corrected chi connectivity index (χ2v) is 3.62. The van der Waals surface area contributed by atoms with Crippen LogP contribution < -0.4 is 0 Å². The predicted molar refractivity (Wildman–Crippen MR) is 60.7 cm³/mol. The molecule has 0 saturated carbocycles. The van der Waals surface area contributed by atoms with Crippen LogP contribution in [0.3, 0.4) is 0 Å². The average Bonchev–Trinajstić information content (AvgIpc) is 2.14. The largest absolute Gasteiger partial charge is 0.378 e. The highest BCUT2D eigenvalue weighted by Crippen LogP contribution is 2.11. The van der Waals surface area contributed by atoms with Gasteiger partial charge in [-0.25, -0.2) is 0 Å². The summed E-state index contributed by atoms with van der Waals surface area (Å²) in [6.45, 7) is 12.0. The third kappa shape index (κ3) is 4.16. The zero-order valence-corrected chi connectivity index (χ0v) is 9.94. The van der Waals surface area contributed by atoms with E-state index in [9.17, 15) is 0 Å². The van der Waals surface area contributed by atoms with Crippen LogP contribution in [-0.4, -0.2) is 18.5 Å². The lowest BCUT2D eigenvalue weighted by Crippen LogP contribution is -2.14. The summed E-state index contributed by atoms with van der Waals surface area (Å²) >= 11 is 0.